The third-order valence-corrected chi connectivity index (χ3v) is 4.15. The second-order valence-corrected chi connectivity index (χ2v) is 7.54. The number of benzene rings is 1. The van der Waals surface area contributed by atoms with Gasteiger partial charge in [-0.05, 0) is 33.3 Å². The lowest BCUT2D eigenvalue weighted by Gasteiger charge is -2.28. The minimum atomic E-state index is -0.451. The molecule has 3 amide bonds. The predicted octanol–water partition coefficient (Wildman–Crippen LogP) is 2.24. The molecule has 0 radical (unpaired) electrons. The molecule has 1 N–H and O–H groups in total. The van der Waals surface area contributed by atoms with E-state index in [1.807, 2.05) is 51.1 Å². The van der Waals surface area contributed by atoms with Gasteiger partial charge in [-0.3, -0.25) is 9.69 Å². The Labute approximate surface area is 150 Å². The van der Waals surface area contributed by atoms with Crippen LogP contribution in [0.25, 0.3) is 0 Å². The van der Waals surface area contributed by atoms with Crippen molar-refractivity contribution >= 4 is 11.9 Å². The molecule has 1 aliphatic rings. The van der Waals surface area contributed by atoms with Gasteiger partial charge in [-0.1, -0.05) is 30.3 Å². The van der Waals surface area contributed by atoms with Crippen LogP contribution in [0.15, 0.2) is 30.3 Å². The second-order valence-electron chi connectivity index (χ2n) is 7.54. The maximum absolute atomic E-state index is 12.8. The lowest BCUT2D eigenvalue weighted by molar-refractivity contribution is -0.132. The minimum Gasteiger partial charge on any atom is -0.374 e. The van der Waals surface area contributed by atoms with Crippen molar-refractivity contribution in [2.75, 3.05) is 20.2 Å². The number of hydrogen-bond donors (Lipinski definition) is 1. The highest BCUT2D eigenvalue weighted by Gasteiger charge is 2.41. The number of urea groups is 1. The number of rotatable bonds is 6. The highest BCUT2D eigenvalue weighted by molar-refractivity contribution is 5.98. The molecule has 1 aromatic carbocycles. The van der Waals surface area contributed by atoms with Crippen LogP contribution >= 0.6 is 0 Å². The van der Waals surface area contributed by atoms with Gasteiger partial charge in [-0.15, -0.1) is 0 Å². The van der Waals surface area contributed by atoms with Crippen molar-refractivity contribution in [3.05, 3.63) is 35.9 Å². The molecule has 25 heavy (non-hydrogen) atoms. The number of hydrogen-bond acceptors (Lipinski definition) is 4. The Morgan fingerprint density at radius 1 is 1.32 bits per heavy atom. The minimum absolute atomic E-state index is 0.215. The van der Waals surface area contributed by atoms with Crippen molar-refractivity contribution < 1.29 is 14.3 Å². The summed E-state index contributed by atoms with van der Waals surface area (Å²) in [5.41, 5.74) is 0.787. The summed E-state index contributed by atoms with van der Waals surface area (Å²) in [4.78, 5) is 28.1. The number of ether oxygens (including phenoxy) is 1. The first-order valence-electron chi connectivity index (χ1n) is 8.68. The molecule has 2 rings (SSSR count). The van der Waals surface area contributed by atoms with Gasteiger partial charge >= 0.3 is 6.03 Å². The van der Waals surface area contributed by atoms with Crippen LogP contribution in [0.5, 0.6) is 0 Å². The Hall–Kier alpha value is -1.92. The van der Waals surface area contributed by atoms with Crippen molar-refractivity contribution in [1.29, 1.82) is 0 Å². The van der Waals surface area contributed by atoms with Gasteiger partial charge in [0, 0.05) is 20.1 Å². The average Bonchev–Trinajstić information content (AvgIpc) is 2.85. The van der Waals surface area contributed by atoms with E-state index in [9.17, 15) is 9.59 Å². The summed E-state index contributed by atoms with van der Waals surface area (Å²) in [7, 11) is 1.71. The Morgan fingerprint density at radius 3 is 2.56 bits per heavy atom. The Bertz CT molecular complexity index is 598. The number of carbonyl (C=O) groups excluding carboxylic acids is 2. The highest BCUT2D eigenvalue weighted by Crippen LogP contribution is 2.19. The predicted molar refractivity (Wildman–Crippen MR) is 97.1 cm³/mol. The van der Waals surface area contributed by atoms with E-state index in [1.54, 1.807) is 18.9 Å². The normalized spacial score (nSPS) is 19.4. The fraction of sp³-hybridized carbons (Fsp3) is 0.579. The first kappa shape index (κ1) is 19.4. The molecule has 0 aromatic heterocycles. The van der Waals surface area contributed by atoms with Gasteiger partial charge < -0.3 is 15.0 Å². The molecule has 6 nitrogen and oxygen atoms in total. The third kappa shape index (κ3) is 5.28. The molecule has 0 aliphatic carbocycles. The molecule has 0 spiro atoms. The van der Waals surface area contributed by atoms with Crippen molar-refractivity contribution in [2.24, 2.45) is 0 Å². The van der Waals surface area contributed by atoms with Gasteiger partial charge in [-0.25, -0.2) is 4.79 Å². The molecule has 2 atom stereocenters. The summed E-state index contributed by atoms with van der Waals surface area (Å²) in [6.45, 7) is 9.09. The van der Waals surface area contributed by atoms with Crippen LogP contribution in [0.2, 0.25) is 0 Å². The van der Waals surface area contributed by atoms with E-state index < -0.39 is 6.04 Å². The molecule has 1 fully saturated rings. The topological polar surface area (TPSA) is 61.9 Å². The summed E-state index contributed by atoms with van der Waals surface area (Å²) < 4.78 is 5.81. The van der Waals surface area contributed by atoms with Gasteiger partial charge in [0.25, 0.3) is 0 Å². The standard InChI is InChI=1S/C19H29N3O3/c1-14(20-11-15-9-7-6-8-10-15)17(23)22-16(12-21(5)18(22)24)13-25-19(2,3)4/h6-10,14,16,20H,11-13H2,1-5H3/t14-,16-/m0/s1. The van der Waals surface area contributed by atoms with E-state index >= 15 is 0 Å². The fourth-order valence-corrected chi connectivity index (χ4v) is 2.73. The summed E-state index contributed by atoms with van der Waals surface area (Å²) in [6.07, 6.45) is 0. The fourth-order valence-electron chi connectivity index (χ4n) is 2.73. The van der Waals surface area contributed by atoms with Crippen LogP contribution in [-0.4, -0.2) is 59.6 Å². The zero-order valence-electron chi connectivity index (χ0n) is 15.8. The van der Waals surface area contributed by atoms with Gasteiger partial charge in [0.05, 0.1) is 24.3 Å². The molecule has 0 saturated carbocycles. The zero-order chi connectivity index (χ0) is 18.6. The Balaban J connectivity index is 1.99. The number of imide groups is 1. The van der Waals surface area contributed by atoms with E-state index in [4.69, 9.17) is 4.74 Å². The molecular formula is C19H29N3O3. The number of nitrogens with zero attached hydrogens (tertiary/aromatic N) is 2. The highest BCUT2D eigenvalue weighted by atomic mass is 16.5. The van der Waals surface area contributed by atoms with Crippen LogP contribution in [0.3, 0.4) is 0 Å². The molecule has 6 heteroatoms. The molecule has 0 bridgehead atoms. The molecule has 1 saturated heterocycles. The van der Waals surface area contributed by atoms with Crippen LogP contribution < -0.4 is 5.32 Å². The Kier molecular flexibility index (Phi) is 6.19. The smallest absolute Gasteiger partial charge is 0.326 e. The van der Waals surface area contributed by atoms with Gasteiger partial charge in [-0.2, -0.15) is 0 Å². The number of likely N-dealkylation sites (N-methyl/N-ethyl adjacent to an activating group) is 1. The van der Waals surface area contributed by atoms with Crippen LogP contribution in [-0.2, 0) is 16.1 Å². The largest absolute Gasteiger partial charge is 0.374 e. The lowest BCUT2D eigenvalue weighted by atomic mass is 10.1. The van der Waals surface area contributed by atoms with Crippen LogP contribution in [0.1, 0.15) is 33.3 Å². The molecule has 1 aromatic rings. The quantitative estimate of drug-likeness (QED) is 0.857. The molecule has 1 aliphatic heterocycles. The van der Waals surface area contributed by atoms with Crippen molar-refractivity contribution in [3.8, 4) is 0 Å². The number of carbonyl (C=O) groups is 2. The summed E-state index contributed by atoms with van der Waals surface area (Å²) in [5, 5.41) is 3.20. The molecule has 138 valence electrons. The SMILES string of the molecule is C[C@H](NCc1ccccc1)C(=O)N1C(=O)N(C)C[C@H]1COC(C)(C)C. The lowest BCUT2D eigenvalue weighted by Crippen LogP contribution is -2.50. The summed E-state index contributed by atoms with van der Waals surface area (Å²) >= 11 is 0. The molecular weight excluding hydrogens is 318 g/mol. The van der Waals surface area contributed by atoms with Crippen LogP contribution in [0, 0.1) is 0 Å². The van der Waals surface area contributed by atoms with Gasteiger partial charge in [0.15, 0.2) is 0 Å². The molecule has 0 unspecified atom stereocenters. The van der Waals surface area contributed by atoms with Crippen molar-refractivity contribution in [1.82, 2.24) is 15.1 Å². The van der Waals surface area contributed by atoms with Gasteiger partial charge in [0.2, 0.25) is 5.91 Å². The Morgan fingerprint density at radius 2 is 1.96 bits per heavy atom. The van der Waals surface area contributed by atoms with E-state index in [2.05, 4.69) is 5.32 Å². The van der Waals surface area contributed by atoms with E-state index in [0.717, 1.165) is 5.56 Å². The van der Waals surface area contributed by atoms with Crippen molar-refractivity contribution in [3.63, 3.8) is 0 Å². The zero-order valence-corrected chi connectivity index (χ0v) is 15.8. The maximum atomic E-state index is 12.8. The average molecular weight is 347 g/mol. The van der Waals surface area contributed by atoms with Crippen LogP contribution in [0.4, 0.5) is 4.79 Å². The number of nitrogens with one attached hydrogen (secondary N) is 1. The van der Waals surface area contributed by atoms with Crippen molar-refractivity contribution in [2.45, 2.75) is 51.9 Å². The maximum Gasteiger partial charge on any atom is 0.326 e. The summed E-state index contributed by atoms with van der Waals surface area (Å²) in [6, 6.07) is 8.90. The first-order chi connectivity index (χ1) is 11.7. The summed E-state index contributed by atoms with van der Waals surface area (Å²) in [5.74, 6) is -0.215. The third-order valence-electron chi connectivity index (χ3n) is 4.15. The van der Waals surface area contributed by atoms with Gasteiger partial charge in [0.1, 0.15) is 0 Å². The first-order valence-corrected chi connectivity index (χ1v) is 8.68. The second kappa shape index (κ2) is 7.97. The van der Waals surface area contributed by atoms with E-state index in [0.29, 0.717) is 19.7 Å². The monoisotopic (exact) mass is 347 g/mol. The number of amides is 3. The molecule has 1 heterocycles. The van der Waals surface area contributed by atoms with E-state index in [-0.39, 0.29) is 23.6 Å². The van der Waals surface area contributed by atoms with E-state index in [1.165, 1.54) is 4.90 Å².